The molecule has 0 aliphatic heterocycles. The predicted molar refractivity (Wildman–Crippen MR) is 81.0 cm³/mol. The van der Waals surface area contributed by atoms with E-state index in [4.69, 9.17) is 9.78 Å². The zero-order valence-electron chi connectivity index (χ0n) is 11.7. The topological polar surface area (TPSA) is 99.7 Å². The van der Waals surface area contributed by atoms with Crippen molar-refractivity contribution in [3.8, 4) is 6.07 Å². The molecule has 1 aromatic carbocycles. The van der Waals surface area contributed by atoms with E-state index < -0.39 is 0 Å². The standard InChI is InChI=1S/C15H12N6O/c1-10-8-14(21-22-10)19-13-6-7-17-15(20-13)18-12-5-3-2-4-11(12)9-16/h2-8H,1H3,(H2,17,18,19,20,21). The molecule has 22 heavy (non-hydrogen) atoms. The Morgan fingerprint density at radius 1 is 1.14 bits per heavy atom. The van der Waals surface area contributed by atoms with Crippen molar-refractivity contribution in [3.63, 3.8) is 0 Å². The van der Waals surface area contributed by atoms with Gasteiger partial charge in [0.15, 0.2) is 5.82 Å². The van der Waals surface area contributed by atoms with Crippen molar-refractivity contribution in [1.29, 1.82) is 5.26 Å². The molecule has 0 aliphatic carbocycles. The summed E-state index contributed by atoms with van der Waals surface area (Å²) < 4.78 is 4.99. The first kappa shape index (κ1) is 13.6. The lowest BCUT2D eigenvalue weighted by Crippen LogP contribution is -2.01. The zero-order chi connectivity index (χ0) is 15.4. The maximum Gasteiger partial charge on any atom is 0.229 e. The Hall–Kier alpha value is -3.40. The maximum atomic E-state index is 9.09. The largest absolute Gasteiger partial charge is 0.360 e. The second-order valence-electron chi connectivity index (χ2n) is 4.50. The Morgan fingerprint density at radius 3 is 2.77 bits per heavy atom. The van der Waals surface area contributed by atoms with Crippen LogP contribution in [0.25, 0.3) is 0 Å². The molecule has 0 saturated heterocycles. The van der Waals surface area contributed by atoms with Crippen molar-refractivity contribution in [2.75, 3.05) is 10.6 Å². The molecule has 0 unspecified atom stereocenters. The number of nitrogens with one attached hydrogen (secondary N) is 2. The third kappa shape index (κ3) is 3.02. The minimum absolute atomic E-state index is 0.382. The SMILES string of the molecule is Cc1cc(Nc2ccnc(Nc3ccccc3C#N)n2)no1. The van der Waals surface area contributed by atoms with Gasteiger partial charge in [0.25, 0.3) is 0 Å². The molecule has 7 heteroatoms. The van der Waals surface area contributed by atoms with E-state index in [1.54, 1.807) is 36.5 Å². The third-order valence-corrected chi connectivity index (χ3v) is 2.83. The van der Waals surface area contributed by atoms with Gasteiger partial charge in [0.1, 0.15) is 17.6 Å². The molecular weight excluding hydrogens is 280 g/mol. The maximum absolute atomic E-state index is 9.09. The van der Waals surface area contributed by atoms with Crippen LogP contribution in [0.5, 0.6) is 0 Å². The van der Waals surface area contributed by atoms with Gasteiger partial charge in [-0.05, 0) is 25.1 Å². The number of benzene rings is 1. The highest BCUT2D eigenvalue weighted by Gasteiger charge is 2.06. The van der Waals surface area contributed by atoms with Crippen molar-refractivity contribution < 1.29 is 4.52 Å². The van der Waals surface area contributed by atoms with E-state index in [0.29, 0.717) is 34.6 Å². The summed E-state index contributed by atoms with van der Waals surface area (Å²) in [5, 5.41) is 19.0. The summed E-state index contributed by atoms with van der Waals surface area (Å²) in [4.78, 5) is 8.47. The molecule has 108 valence electrons. The molecule has 0 atom stereocenters. The Bertz CT molecular complexity index is 836. The van der Waals surface area contributed by atoms with Crippen LogP contribution in [0.1, 0.15) is 11.3 Å². The molecule has 0 radical (unpaired) electrons. The lowest BCUT2D eigenvalue weighted by molar-refractivity contribution is 0.400. The quantitative estimate of drug-likeness (QED) is 0.761. The van der Waals surface area contributed by atoms with Crippen LogP contribution in [0.3, 0.4) is 0 Å². The summed E-state index contributed by atoms with van der Waals surface area (Å²) in [6.07, 6.45) is 1.61. The molecule has 3 aromatic rings. The molecular formula is C15H12N6O. The Kier molecular flexibility index (Phi) is 3.66. The summed E-state index contributed by atoms with van der Waals surface area (Å²) in [5.41, 5.74) is 1.18. The van der Waals surface area contributed by atoms with E-state index in [0.717, 1.165) is 0 Å². The molecule has 2 heterocycles. The van der Waals surface area contributed by atoms with Gasteiger partial charge in [-0.1, -0.05) is 17.3 Å². The van der Waals surface area contributed by atoms with E-state index in [9.17, 15) is 0 Å². The Balaban J connectivity index is 1.81. The van der Waals surface area contributed by atoms with E-state index >= 15 is 0 Å². The first-order chi connectivity index (χ1) is 10.7. The normalized spacial score (nSPS) is 10.0. The molecule has 3 rings (SSSR count). The molecule has 0 amide bonds. The van der Waals surface area contributed by atoms with Crippen LogP contribution in [0.4, 0.5) is 23.3 Å². The van der Waals surface area contributed by atoms with E-state index in [2.05, 4.69) is 31.8 Å². The van der Waals surface area contributed by atoms with Crippen molar-refractivity contribution in [3.05, 3.63) is 53.9 Å². The fourth-order valence-electron chi connectivity index (χ4n) is 1.86. The molecule has 0 fully saturated rings. The van der Waals surface area contributed by atoms with Gasteiger partial charge in [-0.2, -0.15) is 10.2 Å². The van der Waals surface area contributed by atoms with Crippen molar-refractivity contribution >= 4 is 23.3 Å². The average molecular weight is 292 g/mol. The van der Waals surface area contributed by atoms with Crippen LogP contribution >= 0.6 is 0 Å². The highest BCUT2D eigenvalue weighted by atomic mass is 16.5. The summed E-state index contributed by atoms with van der Waals surface area (Å²) in [6, 6.07) is 12.8. The summed E-state index contributed by atoms with van der Waals surface area (Å²) in [7, 11) is 0. The van der Waals surface area contributed by atoms with E-state index in [1.807, 2.05) is 13.0 Å². The second kappa shape index (κ2) is 5.93. The summed E-state index contributed by atoms with van der Waals surface area (Å²) >= 11 is 0. The Labute approximate surface area is 126 Å². The van der Waals surface area contributed by atoms with Crippen LogP contribution < -0.4 is 10.6 Å². The smallest absolute Gasteiger partial charge is 0.229 e. The first-order valence-electron chi connectivity index (χ1n) is 6.54. The van der Waals surface area contributed by atoms with Crippen molar-refractivity contribution in [1.82, 2.24) is 15.1 Å². The lowest BCUT2D eigenvalue weighted by Gasteiger charge is -2.07. The Morgan fingerprint density at radius 2 is 2.00 bits per heavy atom. The van der Waals surface area contributed by atoms with Crippen LogP contribution in [0.15, 0.2) is 47.1 Å². The van der Waals surface area contributed by atoms with E-state index in [1.165, 1.54) is 0 Å². The van der Waals surface area contributed by atoms with Crippen molar-refractivity contribution in [2.45, 2.75) is 6.92 Å². The van der Waals surface area contributed by atoms with Crippen molar-refractivity contribution in [2.24, 2.45) is 0 Å². The zero-order valence-corrected chi connectivity index (χ0v) is 11.7. The molecule has 0 spiro atoms. The monoisotopic (exact) mass is 292 g/mol. The number of hydrogen-bond donors (Lipinski definition) is 2. The van der Waals surface area contributed by atoms with Gasteiger partial charge in [-0.15, -0.1) is 0 Å². The first-order valence-corrected chi connectivity index (χ1v) is 6.54. The molecule has 0 aliphatic rings. The summed E-state index contributed by atoms with van der Waals surface area (Å²) in [5.74, 6) is 2.23. The highest BCUT2D eigenvalue weighted by Crippen LogP contribution is 2.19. The van der Waals surface area contributed by atoms with Gasteiger partial charge >= 0.3 is 0 Å². The number of rotatable bonds is 4. The number of para-hydroxylation sites is 1. The fourth-order valence-corrected chi connectivity index (χ4v) is 1.86. The minimum atomic E-state index is 0.382. The number of nitriles is 1. The number of nitrogens with zero attached hydrogens (tertiary/aromatic N) is 4. The number of anilines is 4. The third-order valence-electron chi connectivity index (χ3n) is 2.83. The second-order valence-corrected chi connectivity index (χ2v) is 4.50. The molecule has 2 N–H and O–H groups in total. The van der Waals surface area contributed by atoms with Gasteiger partial charge < -0.3 is 15.2 Å². The van der Waals surface area contributed by atoms with Crippen LogP contribution in [-0.4, -0.2) is 15.1 Å². The molecule has 7 nitrogen and oxygen atoms in total. The van der Waals surface area contributed by atoms with Crippen LogP contribution in [0, 0.1) is 18.3 Å². The highest BCUT2D eigenvalue weighted by molar-refractivity contribution is 5.63. The van der Waals surface area contributed by atoms with Gasteiger partial charge in [-0.3, -0.25) is 0 Å². The van der Waals surface area contributed by atoms with Gasteiger partial charge in [-0.25, -0.2) is 4.98 Å². The lowest BCUT2D eigenvalue weighted by atomic mass is 10.2. The molecule has 0 saturated carbocycles. The van der Waals surface area contributed by atoms with E-state index in [-0.39, 0.29) is 0 Å². The minimum Gasteiger partial charge on any atom is -0.360 e. The fraction of sp³-hybridized carbons (Fsp3) is 0.0667. The van der Waals surface area contributed by atoms with Crippen LogP contribution in [0.2, 0.25) is 0 Å². The number of aryl methyl sites for hydroxylation is 1. The van der Waals surface area contributed by atoms with Gasteiger partial charge in [0.05, 0.1) is 11.3 Å². The number of hydrogen-bond acceptors (Lipinski definition) is 7. The molecule has 0 bridgehead atoms. The van der Waals surface area contributed by atoms with Gasteiger partial charge in [0.2, 0.25) is 5.95 Å². The van der Waals surface area contributed by atoms with Gasteiger partial charge in [0, 0.05) is 12.3 Å². The average Bonchev–Trinajstić information content (AvgIpc) is 2.93. The summed E-state index contributed by atoms with van der Waals surface area (Å²) in [6.45, 7) is 1.81. The molecule has 2 aromatic heterocycles. The van der Waals surface area contributed by atoms with Crippen LogP contribution in [-0.2, 0) is 0 Å². The number of aromatic nitrogens is 3. The predicted octanol–water partition coefficient (Wildman–Crippen LogP) is 3.13.